The minimum atomic E-state index is -0.654. The summed E-state index contributed by atoms with van der Waals surface area (Å²) in [6, 6.07) is 13.9. The molecule has 0 atom stereocenters. The lowest BCUT2D eigenvalue weighted by atomic mass is 9.83. The Balaban J connectivity index is 2.23. The third-order valence-corrected chi connectivity index (χ3v) is 4.13. The van der Waals surface area contributed by atoms with Gasteiger partial charge in [-0.05, 0) is 60.2 Å². The Labute approximate surface area is 131 Å². The van der Waals surface area contributed by atoms with E-state index in [2.05, 4.69) is 5.32 Å². The SMILES string of the molecule is CC(C)(C(=O)Nc1ccc(F)cc1I)c1ccccc1. The van der Waals surface area contributed by atoms with Crippen LogP contribution < -0.4 is 5.32 Å². The molecule has 0 saturated carbocycles. The van der Waals surface area contributed by atoms with E-state index in [-0.39, 0.29) is 11.7 Å². The summed E-state index contributed by atoms with van der Waals surface area (Å²) in [5, 5.41) is 2.86. The topological polar surface area (TPSA) is 29.1 Å². The van der Waals surface area contributed by atoms with E-state index in [1.54, 1.807) is 6.07 Å². The molecule has 0 bridgehead atoms. The van der Waals surface area contributed by atoms with Crippen LogP contribution in [0.1, 0.15) is 19.4 Å². The molecule has 0 heterocycles. The Bertz CT molecular complexity index is 626. The van der Waals surface area contributed by atoms with Gasteiger partial charge >= 0.3 is 0 Å². The lowest BCUT2D eigenvalue weighted by Crippen LogP contribution is -2.34. The van der Waals surface area contributed by atoms with Gasteiger partial charge in [0.05, 0.1) is 11.1 Å². The predicted octanol–water partition coefficient (Wildman–Crippen LogP) is 4.35. The van der Waals surface area contributed by atoms with E-state index in [1.807, 2.05) is 66.8 Å². The van der Waals surface area contributed by atoms with Crippen LogP contribution in [0.5, 0.6) is 0 Å². The van der Waals surface area contributed by atoms with E-state index in [0.717, 1.165) is 5.56 Å². The van der Waals surface area contributed by atoms with E-state index >= 15 is 0 Å². The molecule has 0 unspecified atom stereocenters. The lowest BCUT2D eigenvalue weighted by molar-refractivity contribution is -0.120. The maximum Gasteiger partial charge on any atom is 0.234 e. The highest BCUT2D eigenvalue weighted by atomic mass is 127. The fraction of sp³-hybridized carbons (Fsp3) is 0.188. The molecule has 104 valence electrons. The summed E-state index contributed by atoms with van der Waals surface area (Å²) >= 11 is 2.01. The summed E-state index contributed by atoms with van der Waals surface area (Å²) in [7, 11) is 0. The summed E-state index contributed by atoms with van der Waals surface area (Å²) in [5.41, 5.74) is 0.911. The third kappa shape index (κ3) is 3.17. The average molecular weight is 383 g/mol. The summed E-state index contributed by atoms with van der Waals surface area (Å²) in [6.45, 7) is 3.74. The molecule has 0 saturated heterocycles. The molecule has 2 aromatic rings. The Kier molecular flexibility index (Phi) is 4.42. The smallest absolute Gasteiger partial charge is 0.234 e. The molecule has 4 heteroatoms. The van der Waals surface area contributed by atoms with Gasteiger partial charge in [-0.15, -0.1) is 0 Å². The zero-order valence-corrected chi connectivity index (χ0v) is 13.4. The quantitative estimate of drug-likeness (QED) is 0.785. The van der Waals surface area contributed by atoms with Gasteiger partial charge in [-0.3, -0.25) is 4.79 Å². The van der Waals surface area contributed by atoms with Crippen molar-refractivity contribution in [1.29, 1.82) is 0 Å². The van der Waals surface area contributed by atoms with Crippen LogP contribution in [0.4, 0.5) is 10.1 Å². The van der Waals surface area contributed by atoms with E-state index in [1.165, 1.54) is 12.1 Å². The Morgan fingerprint density at radius 1 is 1.15 bits per heavy atom. The molecular formula is C16H15FINO. The fourth-order valence-corrected chi connectivity index (χ4v) is 2.47. The first-order valence-electron chi connectivity index (χ1n) is 6.23. The molecule has 1 N–H and O–H groups in total. The molecular weight excluding hydrogens is 368 g/mol. The Morgan fingerprint density at radius 3 is 2.40 bits per heavy atom. The van der Waals surface area contributed by atoms with Gasteiger partial charge in [-0.2, -0.15) is 0 Å². The van der Waals surface area contributed by atoms with Gasteiger partial charge in [-0.25, -0.2) is 4.39 Å². The predicted molar refractivity (Wildman–Crippen MR) is 87.2 cm³/mol. The van der Waals surface area contributed by atoms with E-state index in [4.69, 9.17) is 0 Å². The lowest BCUT2D eigenvalue weighted by Gasteiger charge is -2.24. The number of hydrogen-bond donors (Lipinski definition) is 1. The summed E-state index contributed by atoms with van der Waals surface area (Å²) in [4.78, 5) is 12.5. The molecule has 20 heavy (non-hydrogen) atoms. The standard InChI is InChI=1S/C16H15FINO/c1-16(2,11-6-4-3-5-7-11)15(20)19-14-9-8-12(17)10-13(14)18/h3-10H,1-2H3,(H,19,20). The Hall–Kier alpha value is -1.43. The summed E-state index contributed by atoms with van der Waals surface area (Å²) in [6.07, 6.45) is 0. The molecule has 2 nitrogen and oxygen atoms in total. The number of nitrogens with one attached hydrogen (secondary N) is 1. The molecule has 0 aliphatic heterocycles. The first-order chi connectivity index (χ1) is 9.41. The number of carbonyl (C=O) groups excluding carboxylic acids is 1. The van der Waals surface area contributed by atoms with Crippen LogP contribution in [0.2, 0.25) is 0 Å². The van der Waals surface area contributed by atoms with E-state index in [0.29, 0.717) is 9.26 Å². The molecule has 2 rings (SSSR count). The van der Waals surface area contributed by atoms with Gasteiger partial charge in [0.1, 0.15) is 5.82 Å². The molecule has 0 fully saturated rings. The maximum absolute atomic E-state index is 13.1. The van der Waals surface area contributed by atoms with Crippen molar-refractivity contribution in [3.63, 3.8) is 0 Å². The number of anilines is 1. The fourth-order valence-electron chi connectivity index (χ4n) is 1.86. The molecule has 0 aliphatic rings. The number of hydrogen-bond acceptors (Lipinski definition) is 1. The van der Waals surface area contributed by atoms with Crippen LogP contribution in [0.3, 0.4) is 0 Å². The van der Waals surface area contributed by atoms with Crippen molar-refractivity contribution in [1.82, 2.24) is 0 Å². The van der Waals surface area contributed by atoms with Gasteiger partial charge in [0, 0.05) is 3.57 Å². The van der Waals surface area contributed by atoms with Gasteiger partial charge in [0.25, 0.3) is 0 Å². The molecule has 1 amide bonds. The van der Waals surface area contributed by atoms with Gasteiger partial charge in [-0.1, -0.05) is 30.3 Å². The minimum Gasteiger partial charge on any atom is -0.324 e. The summed E-state index contributed by atoms with van der Waals surface area (Å²) < 4.78 is 13.7. The van der Waals surface area contributed by atoms with Crippen molar-refractivity contribution in [3.8, 4) is 0 Å². The van der Waals surface area contributed by atoms with Crippen LogP contribution in [-0.2, 0) is 10.2 Å². The van der Waals surface area contributed by atoms with Gasteiger partial charge in [0.2, 0.25) is 5.91 Å². The molecule has 0 spiro atoms. The average Bonchev–Trinajstić information content (AvgIpc) is 2.42. The maximum atomic E-state index is 13.1. The van der Waals surface area contributed by atoms with Crippen molar-refractivity contribution in [2.45, 2.75) is 19.3 Å². The third-order valence-electron chi connectivity index (χ3n) is 3.24. The van der Waals surface area contributed by atoms with Crippen LogP contribution in [0.25, 0.3) is 0 Å². The summed E-state index contributed by atoms with van der Waals surface area (Å²) in [5.74, 6) is -0.428. The van der Waals surface area contributed by atoms with Crippen LogP contribution >= 0.6 is 22.6 Å². The Morgan fingerprint density at radius 2 is 1.80 bits per heavy atom. The van der Waals surface area contributed by atoms with Crippen LogP contribution in [0.15, 0.2) is 48.5 Å². The molecule has 2 aromatic carbocycles. The normalized spacial score (nSPS) is 11.2. The van der Waals surface area contributed by atoms with Crippen LogP contribution in [-0.4, -0.2) is 5.91 Å². The van der Waals surface area contributed by atoms with Crippen molar-refractivity contribution in [3.05, 3.63) is 63.5 Å². The number of carbonyl (C=O) groups is 1. The molecule has 0 radical (unpaired) electrons. The highest BCUT2D eigenvalue weighted by molar-refractivity contribution is 14.1. The largest absolute Gasteiger partial charge is 0.324 e. The van der Waals surface area contributed by atoms with Gasteiger partial charge in [0.15, 0.2) is 0 Å². The van der Waals surface area contributed by atoms with Crippen molar-refractivity contribution >= 4 is 34.2 Å². The molecule has 0 aromatic heterocycles. The second-order valence-electron chi connectivity index (χ2n) is 5.07. The van der Waals surface area contributed by atoms with Crippen LogP contribution in [0, 0.1) is 9.39 Å². The van der Waals surface area contributed by atoms with Gasteiger partial charge < -0.3 is 5.32 Å². The highest BCUT2D eigenvalue weighted by Crippen LogP contribution is 2.26. The number of benzene rings is 2. The first kappa shape index (κ1) is 15.0. The first-order valence-corrected chi connectivity index (χ1v) is 7.31. The zero-order valence-electron chi connectivity index (χ0n) is 11.3. The minimum absolute atomic E-state index is 0.117. The van der Waals surface area contributed by atoms with E-state index < -0.39 is 5.41 Å². The number of amides is 1. The number of halogens is 2. The highest BCUT2D eigenvalue weighted by Gasteiger charge is 2.29. The van der Waals surface area contributed by atoms with Crippen molar-refractivity contribution in [2.75, 3.05) is 5.32 Å². The second kappa shape index (κ2) is 5.91. The second-order valence-corrected chi connectivity index (χ2v) is 6.23. The monoisotopic (exact) mass is 383 g/mol. The van der Waals surface area contributed by atoms with Crippen molar-refractivity contribution in [2.24, 2.45) is 0 Å². The zero-order chi connectivity index (χ0) is 14.8. The number of rotatable bonds is 3. The molecule has 0 aliphatic carbocycles. The van der Waals surface area contributed by atoms with Crippen molar-refractivity contribution < 1.29 is 9.18 Å². The van der Waals surface area contributed by atoms with E-state index in [9.17, 15) is 9.18 Å².